The van der Waals surface area contributed by atoms with Crippen molar-refractivity contribution in [1.82, 2.24) is 9.88 Å². The van der Waals surface area contributed by atoms with Crippen molar-refractivity contribution >= 4 is 17.7 Å². The molecule has 1 aromatic carbocycles. The molecule has 0 aliphatic heterocycles. The van der Waals surface area contributed by atoms with Gasteiger partial charge in [0.05, 0.1) is 18.4 Å². The smallest absolute Gasteiger partial charge is 0.250 e. The minimum atomic E-state index is -0.793. The number of hydrogen-bond acceptors (Lipinski definition) is 4. The van der Waals surface area contributed by atoms with E-state index >= 15 is 0 Å². The van der Waals surface area contributed by atoms with Crippen molar-refractivity contribution in [3.8, 4) is 0 Å². The predicted octanol–water partition coefficient (Wildman–Crippen LogP) is 1.26. The van der Waals surface area contributed by atoms with Crippen molar-refractivity contribution in [2.24, 2.45) is 0 Å². The average molecular weight is 332 g/mol. The Morgan fingerprint density at radius 3 is 2.65 bits per heavy atom. The van der Waals surface area contributed by atoms with E-state index in [9.17, 15) is 14.7 Å². The third-order valence-corrected chi connectivity index (χ3v) is 4.19. The molecule has 1 atom stereocenters. The predicted molar refractivity (Wildman–Crippen MR) is 92.3 cm³/mol. The standard InChI is InChI=1S/C17H20N2O3S/c20-15(11-19-9-5-4-8-17(19)22)10-18-16(21)13-23-12-14-6-2-1-3-7-14/h1-9,15,20H,10-13H2,(H,18,21)/t15-/m0/s1. The van der Waals surface area contributed by atoms with Gasteiger partial charge in [-0.1, -0.05) is 36.4 Å². The monoisotopic (exact) mass is 332 g/mol. The first-order valence-corrected chi connectivity index (χ1v) is 8.52. The first-order valence-electron chi connectivity index (χ1n) is 7.37. The molecule has 6 heteroatoms. The number of pyridine rings is 1. The molecule has 2 rings (SSSR count). The Morgan fingerprint density at radius 2 is 1.91 bits per heavy atom. The van der Waals surface area contributed by atoms with Gasteiger partial charge in [-0.15, -0.1) is 11.8 Å². The molecular formula is C17H20N2O3S. The molecule has 5 nitrogen and oxygen atoms in total. The molecule has 0 unspecified atom stereocenters. The maximum Gasteiger partial charge on any atom is 0.250 e. The van der Waals surface area contributed by atoms with E-state index in [0.717, 1.165) is 5.75 Å². The fourth-order valence-electron chi connectivity index (χ4n) is 2.02. The number of nitrogens with zero attached hydrogens (tertiary/aromatic N) is 1. The van der Waals surface area contributed by atoms with Crippen molar-refractivity contribution in [2.45, 2.75) is 18.4 Å². The Kier molecular flexibility index (Phi) is 6.90. The number of carbonyl (C=O) groups is 1. The van der Waals surface area contributed by atoms with Crippen LogP contribution in [-0.2, 0) is 17.1 Å². The van der Waals surface area contributed by atoms with Crippen LogP contribution in [-0.4, -0.2) is 34.0 Å². The van der Waals surface area contributed by atoms with Gasteiger partial charge in [0.2, 0.25) is 5.91 Å². The van der Waals surface area contributed by atoms with Gasteiger partial charge in [-0.2, -0.15) is 0 Å². The molecule has 1 amide bonds. The summed E-state index contributed by atoms with van der Waals surface area (Å²) < 4.78 is 1.42. The number of benzene rings is 1. The Bertz CT molecular complexity index is 673. The first-order chi connectivity index (χ1) is 11.1. The van der Waals surface area contributed by atoms with Crippen molar-refractivity contribution in [3.05, 3.63) is 70.6 Å². The fraction of sp³-hybridized carbons (Fsp3) is 0.294. The van der Waals surface area contributed by atoms with Gasteiger partial charge in [0.25, 0.3) is 5.56 Å². The van der Waals surface area contributed by atoms with E-state index in [-0.39, 0.29) is 24.6 Å². The lowest BCUT2D eigenvalue weighted by Gasteiger charge is -2.13. The van der Waals surface area contributed by atoms with Crippen LogP contribution in [0.25, 0.3) is 0 Å². The van der Waals surface area contributed by atoms with Crippen LogP contribution in [0.5, 0.6) is 0 Å². The number of amides is 1. The second-order valence-electron chi connectivity index (χ2n) is 5.13. The highest BCUT2D eigenvalue weighted by atomic mass is 32.2. The number of hydrogen-bond donors (Lipinski definition) is 2. The van der Waals surface area contributed by atoms with E-state index in [0.29, 0.717) is 5.75 Å². The molecule has 1 aromatic heterocycles. The van der Waals surface area contributed by atoms with E-state index in [1.54, 1.807) is 18.3 Å². The summed E-state index contributed by atoms with van der Waals surface area (Å²) in [4.78, 5) is 23.3. The number of thioether (sulfide) groups is 1. The molecule has 2 aromatic rings. The summed E-state index contributed by atoms with van der Waals surface area (Å²) in [5.74, 6) is 0.994. The Balaban J connectivity index is 1.66. The maximum atomic E-state index is 11.7. The van der Waals surface area contributed by atoms with E-state index < -0.39 is 6.10 Å². The van der Waals surface area contributed by atoms with E-state index in [4.69, 9.17) is 0 Å². The molecule has 0 radical (unpaired) electrons. The number of aliphatic hydroxyl groups is 1. The molecule has 0 bridgehead atoms. The largest absolute Gasteiger partial charge is 0.389 e. The third kappa shape index (κ3) is 6.30. The van der Waals surface area contributed by atoms with Crippen LogP contribution in [0, 0.1) is 0 Å². The lowest BCUT2D eigenvalue weighted by atomic mass is 10.2. The van der Waals surface area contributed by atoms with Gasteiger partial charge in [0.15, 0.2) is 0 Å². The van der Waals surface area contributed by atoms with E-state index in [2.05, 4.69) is 5.32 Å². The molecular weight excluding hydrogens is 312 g/mol. The van der Waals surface area contributed by atoms with Crippen LogP contribution in [0.15, 0.2) is 59.5 Å². The molecule has 0 spiro atoms. The van der Waals surface area contributed by atoms with Gasteiger partial charge in [0, 0.05) is 24.6 Å². The molecule has 122 valence electrons. The highest BCUT2D eigenvalue weighted by Crippen LogP contribution is 2.10. The van der Waals surface area contributed by atoms with Gasteiger partial charge in [-0.05, 0) is 11.6 Å². The van der Waals surface area contributed by atoms with Crippen LogP contribution in [0.2, 0.25) is 0 Å². The van der Waals surface area contributed by atoms with Crippen molar-refractivity contribution in [1.29, 1.82) is 0 Å². The average Bonchev–Trinajstić information content (AvgIpc) is 2.56. The zero-order valence-corrected chi connectivity index (χ0v) is 13.5. The lowest BCUT2D eigenvalue weighted by Crippen LogP contribution is -2.37. The van der Waals surface area contributed by atoms with E-state index in [1.807, 2.05) is 30.3 Å². The second kappa shape index (κ2) is 9.17. The SMILES string of the molecule is O=C(CSCc1ccccc1)NC[C@H](O)Cn1ccccc1=O. The molecule has 0 saturated carbocycles. The summed E-state index contributed by atoms with van der Waals surface area (Å²) in [6.45, 7) is 0.295. The summed E-state index contributed by atoms with van der Waals surface area (Å²) in [6, 6.07) is 14.8. The number of nitrogens with one attached hydrogen (secondary N) is 1. The molecule has 1 heterocycles. The highest BCUT2D eigenvalue weighted by molar-refractivity contribution is 7.99. The number of aliphatic hydroxyl groups excluding tert-OH is 1. The number of aromatic nitrogens is 1. The van der Waals surface area contributed by atoms with E-state index in [1.165, 1.54) is 28.0 Å². The van der Waals surface area contributed by atoms with Gasteiger partial charge in [-0.25, -0.2) is 0 Å². The Morgan fingerprint density at radius 1 is 1.17 bits per heavy atom. The maximum absolute atomic E-state index is 11.7. The lowest BCUT2D eigenvalue weighted by molar-refractivity contribution is -0.119. The minimum Gasteiger partial charge on any atom is -0.389 e. The normalized spacial score (nSPS) is 11.9. The van der Waals surface area contributed by atoms with Gasteiger partial charge >= 0.3 is 0 Å². The summed E-state index contributed by atoms with van der Waals surface area (Å²) in [7, 11) is 0. The molecule has 2 N–H and O–H groups in total. The summed E-state index contributed by atoms with van der Waals surface area (Å²) in [5.41, 5.74) is 1.00. The van der Waals surface area contributed by atoms with Crippen LogP contribution in [0.3, 0.4) is 0 Å². The van der Waals surface area contributed by atoms with Gasteiger partial charge in [-0.3, -0.25) is 9.59 Å². The zero-order chi connectivity index (χ0) is 16.5. The van der Waals surface area contributed by atoms with Crippen LogP contribution in [0.4, 0.5) is 0 Å². The van der Waals surface area contributed by atoms with Crippen LogP contribution >= 0.6 is 11.8 Å². The molecule has 0 aliphatic rings. The van der Waals surface area contributed by atoms with Crippen LogP contribution < -0.4 is 10.9 Å². The molecule has 0 fully saturated rings. The quantitative estimate of drug-likeness (QED) is 0.763. The van der Waals surface area contributed by atoms with Gasteiger partial charge < -0.3 is 15.0 Å². The van der Waals surface area contributed by atoms with Crippen LogP contribution in [0.1, 0.15) is 5.56 Å². The van der Waals surface area contributed by atoms with Gasteiger partial charge in [0.1, 0.15) is 0 Å². The topological polar surface area (TPSA) is 71.3 Å². The Hall–Kier alpha value is -2.05. The molecule has 23 heavy (non-hydrogen) atoms. The zero-order valence-electron chi connectivity index (χ0n) is 12.7. The Labute approximate surface area is 139 Å². The molecule has 0 aliphatic carbocycles. The van der Waals surface area contributed by atoms with Crippen molar-refractivity contribution < 1.29 is 9.90 Å². The number of carbonyl (C=O) groups excluding carboxylic acids is 1. The fourth-order valence-corrected chi connectivity index (χ4v) is 2.84. The summed E-state index contributed by atoms with van der Waals surface area (Å²) >= 11 is 1.52. The summed E-state index contributed by atoms with van der Waals surface area (Å²) in [6.07, 6.45) is 0.821. The number of rotatable bonds is 8. The minimum absolute atomic E-state index is 0.120. The highest BCUT2D eigenvalue weighted by Gasteiger charge is 2.08. The summed E-state index contributed by atoms with van der Waals surface area (Å²) in [5, 5.41) is 12.6. The third-order valence-electron chi connectivity index (χ3n) is 3.19. The first kappa shape index (κ1) is 17.3. The van der Waals surface area contributed by atoms with Crippen molar-refractivity contribution in [3.63, 3.8) is 0 Å². The second-order valence-corrected chi connectivity index (χ2v) is 6.11. The van der Waals surface area contributed by atoms with Crippen molar-refractivity contribution in [2.75, 3.05) is 12.3 Å². The molecule has 0 saturated heterocycles.